The van der Waals surface area contributed by atoms with E-state index in [2.05, 4.69) is 57.3 Å². The van der Waals surface area contributed by atoms with Crippen molar-refractivity contribution in [1.29, 1.82) is 0 Å². The lowest BCUT2D eigenvalue weighted by Crippen LogP contribution is -2.28. The van der Waals surface area contributed by atoms with Crippen LogP contribution in [0.3, 0.4) is 0 Å². The molecule has 1 N–H and O–H groups in total. The smallest absolute Gasteiger partial charge is 0.0348 e. The quantitative estimate of drug-likeness (QED) is 0.796. The molecule has 0 aliphatic heterocycles. The summed E-state index contributed by atoms with van der Waals surface area (Å²) in [4.78, 5) is 0. The molecule has 3 atom stereocenters. The Morgan fingerprint density at radius 2 is 1.67 bits per heavy atom. The summed E-state index contributed by atoms with van der Waals surface area (Å²) in [7, 11) is 0. The van der Waals surface area contributed by atoms with Crippen LogP contribution in [0.25, 0.3) is 0 Å². The van der Waals surface area contributed by atoms with Gasteiger partial charge in [0.25, 0.3) is 0 Å². The minimum atomic E-state index is 0.250. The molecule has 2 saturated carbocycles. The maximum absolute atomic E-state index is 3.83. The van der Waals surface area contributed by atoms with Crippen molar-refractivity contribution < 1.29 is 0 Å². The third-order valence-corrected chi connectivity index (χ3v) is 5.50. The van der Waals surface area contributed by atoms with Crippen LogP contribution in [0.2, 0.25) is 0 Å². The van der Waals surface area contributed by atoms with Crippen molar-refractivity contribution in [2.45, 2.75) is 64.8 Å². The van der Waals surface area contributed by atoms with Gasteiger partial charge in [-0.3, -0.25) is 0 Å². The zero-order chi connectivity index (χ0) is 15.0. The summed E-state index contributed by atoms with van der Waals surface area (Å²) in [5.41, 5.74) is 3.19. The van der Waals surface area contributed by atoms with Gasteiger partial charge in [0, 0.05) is 6.04 Å². The molecule has 2 aliphatic rings. The first kappa shape index (κ1) is 15.1. The molecule has 0 bridgehead atoms. The van der Waals surface area contributed by atoms with E-state index in [1.807, 2.05) is 0 Å². The number of fused-ring (bicyclic) bond motifs is 1. The lowest BCUT2D eigenvalue weighted by molar-refractivity contribution is 0.341. The van der Waals surface area contributed by atoms with Crippen LogP contribution in [0.5, 0.6) is 0 Å². The number of hydrogen-bond donors (Lipinski definition) is 1. The van der Waals surface area contributed by atoms with Gasteiger partial charge in [-0.05, 0) is 66.5 Å². The molecule has 0 aromatic heterocycles. The maximum Gasteiger partial charge on any atom is 0.0348 e. The monoisotopic (exact) mass is 285 g/mol. The summed E-state index contributed by atoms with van der Waals surface area (Å²) in [6, 6.07) is 10.00. The highest BCUT2D eigenvalue weighted by Crippen LogP contribution is 2.57. The molecule has 116 valence electrons. The molecule has 21 heavy (non-hydrogen) atoms. The van der Waals surface area contributed by atoms with Crippen LogP contribution in [0, 0.1) is 17.8 Å². The van der Waals surface area contributed by atoms with Crippen molar-refractivity contribution >= 4 is 0 Å². The fraction of sp³-hybridized carbons (Fsp3) is 0.700. The van der Waals surface area contributed by atoms with Crippen LogP contribution < -0.4 is 5.32 Å². The third kappa shape index (κ3) is 3.34. The Kier molecular flexibility index (Phi) is 4.14. The van der Waals surface area contributed by atoms with Crippen LogP contribution in [-0.4, -0.2) is 6.54 Å². The molecule has 0 heterocycles. The SMILES string of the molecule is CCCNC(c1ccc(C(C)(C)C)cc1)C1CC2CC2C1. The first-order valence-corrected chi connectivity index (χ1v) is 8.83. The zero-order valence-corrected chi connectivity index (χ0v) is 14.2. The van der Waals surface area contributed by atoms with Gasteiger partial charge in [0.15, 0.2) is 0 Å². The molecule has 1 heteroatoms. The lowest BCUT2D eigenvalue weighted by Gasteiger charge is -2.27. The van der Waals surface area contributed by atoms with Crippen molar-refractivity contribution in [1.82, 2.24) is 5.32 Å². The van der Waals surface area contributed by atoms with Gasteiger partial charge in [-0.2, -0.15) is 0 Å². The molecule has 1 aromatic carbocycles. The summed E-state index contributed by atoms with van der Waals surface area (Å²) in [5.74, 6) is 2.99. The molecule has 2 fully saturated rings. The van der Waals surface area contributed by atoms with Crippen molar-refractivity contribution in [3.05, 3.63) is 35.4 Å². The van der Waals surface area contributed by atoms with Gasteiger partial charge in [0.1, 0.15) is 0 Å². The zero-order valence-electron chi connectivity index (χ0n) is 14.2. The van der Waals surface area contributed by atoms with Crippen LogP contribution >= 0.6 is 0 Å². The first-order valence-electron chi connectivity index (χ1n) is 8.83. The Morgan fingerprint density at radius 3 is 2.19 bits per heavy atom. The minimum Gasteiger partial charge on any atom is -0.310 e. The van der Waals surface area contributed by atoms with Crippen molar-refractivity contribution in [3.63, 3.8) is 0 Å². The van der Waals surface area contributed by atoms with Crippen molar-refractivity contribution in [2.75, 3.05) is 6.54 Å². The third-order valence-electron chi connectivity index (χ3n) is 5.50. The molecular weight excluding hydrogens is 254 g/mol. The predicted molar refractivity (Wildman–Crippen MR) is 90.5 cm³/mol. The number of hydrogen-bond acceptors (Lipinski definition) is 1. The van der Waals surface area contributed by atoms with Crippen LogP contribution in [-0.2, 0) is 5.41 Å². The van der Waals surface area contributed by atoms with Gasteiger partial charge >= 0.3 is 0 Å². The summed E-state index contributed by atoms with van der Waals surface area (Å²) in [5, 5.41) is 3.83. The second-order valence-corrected chi connectivity index (χ2v) is 8.29. The normalized spacial score (nSPS) is 29.2. The standard InChI is InChI=1S/C20H31N/c1-5-10-21-19(17-12-15-11-16(15)13-17)14-6-8-18(9-7-14)20(2,3)4/h6-9,15-17,19,21H,5,10-13H2,1-4H3. The second-order valence-electron chi connectivity index (χ2n) is 8.29. The van der Waals surface area contributed by atoms with Gasteiger partial charge in [0.2, 0.25) is 0 Å². The largest absolute Gasteiger partial charge is 0.310 e. The Balaban J connectivity index is 1.75. The molecule has 3 unspecified atom stereocenters. The molecule has 0 spiro atoms. The van der Waals surface area contributed by atoms with E-state index in [-0.39, 0.29) is 5.41 Å². The predicted octanol–water partition coefficient (Wildman–Crippen LogP) is 5.07. The van der Waals surface area contributed by atoms with Gasteiger partial charge < -0.3 is 5.32 Å². The molecule has 1 aromatic rings. The molecular formula is C20H31N. The van der Waals surface area contributed by atoms with Gasteiger partial charge in [-0.1, -0.05) is 52.0 Å². The number of benzene rings is 1. The van der Waals surface area contributed by atoms with Crippen LogP contribution in [0.15, 0.2) is 24.3 Å². The van der Waals surface area contributed by atoms with E-state index in [1.165, 1.54) is 36.8 Å². The molecule has 3 rings (SSSR count). The Morgan fingerprint density at radius 1 is 1.05 bits per heavy atom. The van der Waals surface area contributed by atoms with Crippen molar-refractivity contribution in [2.24, 2.45) is 17.8 Å². The van der Waals surface area contributed by atoms with E-state index in [9.17, 15) is 0 Å². The molecule has 0 saturated heterocycles. The van der Waals surface area contributed by atoms with E-state index in [0.717, 1.165) is 24.3 Å². The Labute approximate surface area is 130 Å². The topological polar surface area (TPSA) is 12.0 Å². The van der Waals surface area contributed by atoms with Crippen LogP contribution in [0.4, 0.5) is 0 Å². The highest BCUT2D eigenvalue weighted by Gasteiger charge is 2.47. The number of rotatable bonds is 5. The maximum atomic E-state index is 3.83. The first-order chi connectivity index (χ1) is 9.99. The summed E-state index contributed by atoms with van der Waals surface area (Å²) < 4.78 is 0. The van der Waals surface area contributed by atoms with E-state index < -0.39 is 0 Å². The van der Waals surface area contributed by atoms with Crippen molar-refractivity contribution in [3.8, 4) is 0 Å². The Hall–Kier alpha value is -0.820. The molecule has 0 radical (unpaired) electrons. The van der Waals surface area contributed by atoms with Gasteiger partial charge in [0.05, 0.1) is 0 Å². The summed E-state index contributed by atoms with van der Waals surface area (Å²) in [6.07, 6.45) is 5.64. The fourth-order valence-electron chi connectivity index (χ4n) is 4.08. The van der Waals surface area contributed by atoms with E-state index in [0.29, 0.717) is 6.04 Å². The lowest BCUT2D eigenvalue weighted by atomic mass is 9.84. The van der Waals surface area contributed by atoms with Gasteiger partial charge in [-0.25, -0.2) is 0 Å². The average Bonchev–Trinajstić information content (AvgIpc) is 3.06. The minimum absolute atomic E-state index is 0.250. The number of nitrogens with one attached hydrogen (secondary N) is 1. The highest BCUT2D eigenvalue weighted by atomic mass is 14.9. The Bertz CT molecular complexity index is 458. The van der Waals surface area contributed by atoms with E-state index in [4.69, 9.17) is 0 Å². The fourth-order valence-corrected chi connectivity index (χ4v) is 4.08. The summed E-state index contributed by atoms with van der Waals surface area (Å²) in [6.45, 7) is 10.3. The summed E-state index contributed by atoms with van der Waals surface area (Å²) >= 11 is 0. The van der Waals surface area contributed by atoms with E-state index >= 15 is 0 Å². The van der Waals surface area contributed by atoms with Gasteiger partial charge in [-0.15, -0.1) is 0 Å². The van der Waals surface area contributed by atoms with E-state index in [1.54, 1.807) is 0 Å². The molecule has 0 amide bonds. The average molecular weight is 285 g/mol. The molecule has 1 nitrogen and oxygen atoms in total. The highest BCUT2D eigenvalue weighted by molar-refractivity contribution is 5.30. The van der Waals surface area contributed by atoms with Crippen LogP contribution in [0.1, 0.15) is 70.5 Å². The second kappa shape index (κ2) is 5.76. The molecule has 2 aliphatic carbocycles.